The maximum absolute atomic E-state index is 5.83. The normalized spacial score (nSPS) is 35.3. The van der Waals surface area contributed by atoms with Gasteiger partial charge in [0.15, 0.2) is 0 Å². The third-order valence-electron chi connectivity index (χ3n) is 1.55. The van der Waals surface area contributed by atoms with Crippen LogP contribution in [0.2, 0.25) is 0 Å². The third-order valence-corrected chi connectivity index (χ3v) is 2.34. The van der Waals surface area contributed by atoms with Gasteiger partial charge in [-0.2, -0.15) is 0 Å². The van der Waals surface area contributed by atoms with Crippen LogP contribution in [0.5, 0.6) is 0 Å². The molecule has 2 unspecified atom stereocenters. The van der Waals surface area contributed by atoms with Crippen LogP contribution >= 0.6 is 23.2 Å². The topological polar surface area (TPSA) is 0 Å². The van der Waals surface area contributed by atoms with Crippen molar-refractivity contribution in [2.24, 2.45) is 0 Å². The molecule has 1 fully saturated rings. The number of rotatable bonds is 0. The second kappa shape index (κ2) is 4.86. The van der Waals surface area contributed by atoms with Gasteiger partial charge >= 0.3 is 0 Å². The van der Waals surface area contributed by atoms with Crippen LogP contribution in [0.3, 0.4) is 0 Å². The zero-order valence-corrected chi connectivity index (χ0v) is 7.93. The Hall–Kier alpha value is 1.11. The molecule has 1 aliphatic rings. The minimum absolute atomic E-state index is 0. The Bertz CT molecular complexity index is 69.5. The summed E-state index contributed by atoms with van der Waals surface area (Å²) in [5, 5.41) is 0.706. The van der Waals surface area contributed by atoms with Crippen molar-refractivity contribution >= 4 is 23.2 Å². The van der Waals surface area contributed by atoms with Crippen molar-refractivity contribution < 1.29 is 17.4 Å². The molecule has 0 aromatic rings. The molecule has 1 saturated carbocycles. The van der Waals surface area contributed by atoms with Gasteiger partial charge in [0.25, 0.3) is 0 Å². The van der Waals surface area contributed by atoms with Crippen molar-refractivity contribution in [3.8, 4) is 0 Å². The molecular weight excluding hydrogens is 195 g/mol. The molecule has 0 radical (unpaired) electrons. The Morgan fingerprint density at radius 3 is 1.67 bits per heavy atom. The van der Waals surface area contributed by atoms with Crippen molar-refractivity contribution in [1.82, 2.24) is 0 Å². The molecule has 0 aromatic carbocycles. The summed E-state index contributed by atoms with van der Waals surface area (Å²) in [6.07, 6.45) is 4.53. The molecule has 54 valence electrons. The quantitative estimate of drug-likeness (QED) is 0.533. The molecule has 0 bridgehead atoms. The van der Waals surface area contributed by atoms with E-state index >= 15 is 0 Å². The summed E-state index contributed by atoms with van der Waals surface area (Å²) in [4.78, 5) is 0. The van der Waals surface area contributed by atoms with E-state index < -0.39 is 0 Å². The number of hydrogen-bond donors (Lipinski definition) is 0. The molecule has 0 heterocycles. The zero-order valence-electron chi connectivity index (χ0n) is 5.15. The summed E-state index contributed by atoms with van der Waals surface area (Å²) in [5.41, 5.74) is 0. The van der Waals surface area contributed by atoms with E-state index in [1.54, 1.807) is 0 Å². The number of hydrogen-bond acceptors (Lipinski definition) is 0. The fourth-order valence-corrected chi connectivity index (χ4v) is 1.90. The van der Waals surface area contributed by atoms with Gasteiger partial charge in [-0.25, -0.2) is 0 Å². The molecule has 1 aliphatic carbocycles. The first kappa shape index (κ1) is 10.1. The summed E-state index contributed by atoms with van der Waals surface area (Å²) >= 11 is 11.7. The fourth-order valence-electron chi connectivity index (χ4n) is 1.07. The Morgan fingerprint density at radius 1 is 1.00 bits per heavy atom. The number of halogens is 2. The van der Waals surface area contributed by atoms with Gasteiger partial charge in [-0.05, 0) is 19.3 Å². The molecule has 9 heavy (non-hydrogen) atoms. The van der Waals surface area contributed by atoms with E-state index in [2.05, 4.69) is 0 Å². The van der Waals surface area contributed by atoms with E-state index in [9.17, 15) is 0 Å². The molecule has 0 spiro atoms. The van der Waals surface area contributed by atoms with Crippen LogP contribution in [-0.4, -0.2) is 10.8 Å². The summed E-state index contributed by atoms with van der Waals surface area (Å²) in [6.45, 7) is 0. The van der Waals surface area contributed by atoms with Crippen LogP contribution < -0.4 is 0 Å². The SMILES string of the molecule is ClC1CCCC(Cl)C1.[Cr]. The predicted molar refractivity (Wildman–Crippen MR) is 37.8 cm³/mol. The van der Waals surface area contributed by atoms with Crippen LogP contribution in [0, 0.1) is 0 Å². The van der Waals surface area contributed by atoms with Gasteiger partial charge in [-0.15, -0.1) is 23.2 Å². The summed E-state index contributed by atoms with van der Waals surface area (Å²) in [7, 11) is 0. The van der Waals surface area contributed by atoms with E-state index in [0.717, 1.165) is 19.3 Å². The monoisotopic (exact) mass is 204 g/mol. The van der Waals surface area contributed by atoms with Crippen LogP contribution in [0.1, 0.15) is 25.7 Å². The summed E-state index contributed by atoms with van der Waals surface area (Å²) < 4.78 is 0. The first-order valence-corrected chi connectivity index (χ1v) is 3.94. The maximum atomic E-state index is 5.83. The van der Waals surface area contributed by atoms with E-state index in [-0.39, 0.29) is 17.4 Å². The van der Waals surface area contributed by atoms with Crippen molar-refractivity contribution in [2.45, 2.75) is 36.4 Å². The molecular formula is C6H10Cl2Cr. The predicted octanol–water partition coefficient (Wildman–Crippen LogP) is 2.77. The molecule has 0 nitrogen and oxygen atoms in total. The van der Waals surface area contributed by atoms with Crippen LogP contribution in [0.15, 0.2) is 0 Å². The largest absolute Gasteiger partial charge is 0.123 e. The first-order chi connectivity index (χ1) is 3.79. The molecule has 2 atom stereocenters. The van der Waals surface area contributed by atoms with Crippen molar-refractivity contribution in [3.63, 3.8) is 0 Å². The third kappa shape index (κ3) is 3.73. The molecule has 3 heteroatoms. The Morgan fingerprint density at radius 2 is 1.44 bits per heavy atom. The van der Waals surface area contributed by atoms with Crippen LogP contribution in [0.25, 0.3) is 0 Å². The van der Waals surface area contributed by atoms with Crippen molar-refractivity contribution in [1.29, 1.82) is 0 Å². The van der Waals surface area contributed by atoms with Gasteiger partial charge in [0.1, 0.15) is 0 Å². The number of alkyl halides is 2. The summed E-state index contributed by atoms with van der Waals surface area (Å²) in [5.74, 6) is 0. The summed E-state index contributed by atoms with van der Waals surface area (Å²) in [6, 6.07) is 0. The van der Waals surface area contributed by atoms with Gasteiger partial charge in [0, 0.05) is 28.1 Å². The van der Waals surface area contributed by atoms with Crippen molar-refractivity contribution in [2.75, 3.05) is 0 Å². The van der Waals surface area contributed by atoms with Gasteiger partial charge in [0.05, 0.1) is 0 Å². The van der Waals surface area contributed by atoms with E-state index in [1.165, 1.54) is 6.42 Å². The zero-order chi connectivity index (χ0) is 5.98. The molecule has 0 N–H and O–H groups in total. The van der Waals surface area contributed by atoms with Crippen LogP contribution in [0.4, 0.5) is 0 Å². The molecule has 0 aromatic heterocycles. The molecule has 0 aliphatic heterocycles. The van der Waals surface area contributed by atoms with Gasteiger partial charge in [0.2, 0.25) is 0 Å². The standard InChI is InChI=1S/C6H10Cl2.Cr/c7-5-2-1-3-6(8)4-5;/h5-6H,1-4H2;. The van der Waals surface area contributed by atoms with Gasteiger partial charge in [-0.3, -0.25) is 0 Å². The van der Waals surface area contributed by atoms with Crippen molar-refractivity contribution in [3.05, 3.63) is 0 Å². The molecule has 0 saturated heterocycles. The molecule has 0 amide bonds. The van der Waals surface area contributed by atoms with Crippen LogP contribution in [-0.2, 0) is 17.4 Å². The minimum atomic E-state index is 0. The Kier molecular flexibility index (Phi) is 5.46. The second-order valence-electron chi connectivity index (χ2n) is 2.36. The Balaban J connectivity index is 0.000000640. The van der Waals surface area contributed by atoms with Gasteiger partial charge in [-0.1, -0.05) is 6.42 Å². The van der Waals surface area contributed by atoms with E-state index in [0.29, 0.717) is 10.8 Å². The van der Waals surface area contributed by atoms with E-state index in [4.69, 9.17) is 23.2 Å². The second-order valence-corrected chi connectivity index (χ2v) is 3.60. The molecule has 1 rings (SSSR count). The average molecular weight is 205 g/mol. The van der Waals surface area contributed by atoms with E-state index in [1.807, 2.05) is 0 Å². The smallest absolute Gasteiger partial charge is 0.0350 e. The fraction of sp³-hybridized carbons (Fsp3) is 1.00. The van der Waals surface area contributed by atoms with Gasteiger partial charge < -0.3 is 0 Å². The maximum Gasteiger partial charge on any atom is 0.0350 e. The minimum Gasteiger partial charge on any atom is -0.123 e. The Labute approximate surface area is 77.0 Å². The first-order valence-electron chi connectivity index (χ1n) is 3.07. The average Bonchev–Trinajstić information content (AvgIpc) is 1.64.